The standard InChI is InChI=1S/C10H16BrF2NO2/c1-9(2,3)16-8(15)14-5-4-10(12,13)7(11)6-14/h7H,4-6H2,1-3H3/t7-/m0/s1. The summed E-state index contributed by atoms with van der Waals surface area (Å²) in [5.41, 5.74) is -0.598. The molecule has 0 aromatic heterocycles. The molecule has 0 radical (unpaired) electrons. The number of hydrogen-bond donors (Lipinski definition) is 0. The summed E-state index contributed by atoms with van der Waals surface area (Å²) in [7, 11) is 0. The van der Waals surface area contributed by atoms with Crippen LogP contribution in [0.4, 0.5) is 13.6 Å². The molecule has 1 saturated heterocycles. The summed E-state index contributed by atoms with van der Waals surface area (Å²) >= 11 is 2.90. The van der Waals surface area contributed by atoms with Crippen molar-refractivity contribution in [3.63, 3.8) is 0 Å². The zero-order chi connectivity index (χ0) is 12.6. The van der Waals surface area contributed by atoms with Gasteiger partial charge in [0.15, 0.2) is 0 Å². The monoisotopic (exact) mass is 299 g/mol. The first kappa shape index (κ1) is 13.7. The van der Waals surface area contributed by atoms with Gasteiger partial charge in [0.05, 0.1) is 4.83 Å². The van der Waals surface area contributed by atoms with Gasteiger partial charge in [0.25, 0.3) is 5.92 Å². The molecule has 16 heavy (non-hydrogen) atoms. The van der Waals surface area contributed by atoms with Crippen molar-refractivity contribution in [1.82, 2.24) is 4.90 Å². The first-order chi connectivity index (χ1) is 7.12. The third kappa shape index (κ3) is 3.57. The molecule has 94 valence electrons. The average Bonchev–Trinajstić information content (AvgIpc) is 2.06. The predicted molar refractivity (Wildman–Crippen MR) is 60.1 cm³/mol. The van der Waals surface area contributed by atoms with Crippen LogP contribution in [-0.2, 0) is 4.74 Å². The Hall–Kier alpha value is -0.390. The second-order valence-corrected chi connectivity index (χ2v) is 6.01. The lowest BCUT2D eigenvalue weighted by Crippen LogP contribution is -2.51. The van der Waals surface area contributed by atoms with E-state index in [2.05, 4.69) is 15.9 Å². The molecule has 0 unspecified atom stereocenters. The van der Waals surface area contributed by atoms with Gasteiger partial charge >= 0.3 is 6.09 Å². The Morgan fingerprint density at radius 2 is 2.06 bits per heavy atom. The molecule has 1 atom stereocenters. The molecule has 0 spiro atoms. The molecule has 0 aromatic carbocycles. The van der Waals surface area contributed by atoms with Gasteiger partial charge in [-0.05, 0) is 20.8 Å². The lowest BCUT2D eigenvalue weighted by atomic mass is 10.1. The first-order valence-electron chi connectivity index (χ1n) is 5.12. The van der Waals surface area contributed by atoms with Crippen LogP contribution in [0.15, 0.2) is 0 Å². The van der Waals surface area contributed by atoms with Crippen LogP contribution >= 0.6 is 15.9 Å². The number of carbonyl (C=O) groups excluding carboxylic acids is 1. The van der Waals surface area contributed by atoms with E-state index < -0.39 is 22.4 Å². The second kappa shape index (κ2) is 4.47. The lowest BCUT2D eigenvalue weighted by molar-refractivity contribution is -0.0512. The van der Waals surface area contributed by atoms with Gasteiger partial charge in [-0.2, -0.15) is 0 Å². The van der Waals surface area contributed by atoms with E-state index in [4.69, 9.17) is 4.74 Å². The minimum absolute atomic E-state index is 0.0259. The number of halogens is 3. The number of piperidine rings is 1. The zero-order valence-electron chi connectivity index (χ0n) is 9.60. The molecular formula is C10H16BrF2NO2. The number of hydrogen-bond acceptors (Lipinski definition) is 2. The van der Waals surface area contributed by atoms with E-state index in [0.29, 0.717) is 0 Å². The Labute approximate surface area is 102 Å². The molecular weight excluding hydrogens is 284 g/mol. The normalized spacial score (nSPS) is 25.4. The fourth-order valence-corrected chi connectivity index (χ4v) is 1.93. The van der Waals surface area contributed by atoms with E-state index in [-0.39, 0.29) is 19.5 Å². The predicted octanol–water partition coefficient (Wildman–Crippen LogP) is 3.03. The van der Waals surface area contributed by atoms with Crippen LogP contribution in [0.2, 0.25) is 0 Å². The fraction of sp³-hybridized carbons (Fsp3) is 0.900. The van der Waals surface area contributed by atoms with Crippen molar-refractivity contribution in [3.8, 4) is 0 Å². The van der Waals surface area contributed by atoms with Crippen LogP contribution in [0.3, 0.4) is 0 Å². The largest absolute Gasteiger partial charge is 0.444 e. The quantitative estimate of drug-likeness (QED) is 0.644. The average molecular weight is 300 g/mol. The molecule has 1 heterocycles. The van der Waals surface area contributed by atoms with Crippen LogP contribution in [0, 0.1) is 0 Å². The molecule has 0 N–H and O–H groups in total. The number of amides is 1. The number of carbonyl (C=O) groups is 1. The van der Waals surface area contributed by atoms with Crippen molar-refractivity contribution in [2.45, 2.75) is 43.5 Å². The Kier molecular flexibility index (Phi) is 3.82. The van der Waals surface area contributed by atoms with E-state index in [1.165, 1.54) is 4.90 Å². The number of rotatable bonds is 0. The summed E-state index contributed by atoms with van der Waals surface area (Å²) in [5.74, 6) is -2.75. The van der Waals surface area contributed by atoms with Gasteiger partial charge in [0.1, 0.15) is 5.60 Å². The Morgan fingerprint density at radius 1 is 1.50 bits per heavy atom. The van der Waals surface area contributed by atoms with Crippen molar-refractivity contribution in [2.75, 3.05) is 13.1 Å². The molecule has 0 saturated carbocycles. The highest BCUT2D eigenvalue weighted by molar-refractivity contribution is 9.09. The fourth-order valence-electron chi connectivity index (χ4n) is 1.35. The van der Waals surface area contributed by atoms with Gasteiger partial charge in [-0.25, -0.2) is 13.6 Å². The highest BCUT2D eigenvalue weighted by Crippen LogP contribution is 2.33. The molecule has 1 aliphatic rings. The summed E-state index contributed by atoms with van der Waals surface area (Å²) in [6.07, 6.45) is -0.866. The summed E-state index contributed by atoms with van der Waals surface area (Å²) in [4.78, 5) is 11.9. The molecule has 0 aromatic rings. The Bertz CT molecular complexity index is 278. The van der Waals surface area contributed by atoms with Crippen molar-refractivity contribution in [3.05, 3.63) is 0 Å². The van der Waals surface area contributed by atoms with Crippen LogP contribution in [0.25, 0.3) is 0 Å². The van der Waals surface area contributed by atoms with E-state index in [1.807, 2.05) is 0 Å². The lowest BCUT2D eigenvalue weighted by Gasteiger charge is -2.36. The van der Waals surface area contributed by atoms with Crippen molar-refractivity contribution in [1.29, 1.82) is 0 Å². The molecule has 0 bridgehead atoms. The van der Waals surface area contributed by atoms with E-state index >= 15 is 0 Å². The third-order valence-electron chi connectivity index (χ3n) is 2.21. The Balaban J connectivity index is 2.55. The van der Waals surface area contributed by atoms with Crippen molar-refractivity contribution < 1.29 is 18.3 Å². The van der Waals surface area contributed by atoms with Crippen molar-refractivity contribution >= 4 is 22.0 Å². The summed E-state index contributed by atoms with van der Waals surface area (Å²) < 4.78 is 31.4. The summed E-state index contributed by atoms with van der Waals surface area (Å²) in [6.45, 7) is 5.24. The highest BCUT2D eigenvalue weighted by Gasteiger charge is 2.44. The van der Waals surface area contributed by atoms with Gasteiger partial charge in [-0.3, -0.25) is 0 Å². The smallest absolute Gasteiger partial charge is 0.410 e. The molecule has 1 rings (SSSR count). The van der Waals surface area contributed by atoms with Gasteiger partial charge in [0, 0.05) is 19.5 Å². The summed E-state index contributed by atoms with van der Waals surface area (Å²) in [6, 6.07) is 0. The second-order valence-electron chi connectivity index (χ2n) is 4.90. The van der Waals surface area contributed by atoms with Crippen LogP contribution < -0.4 is 0 Å². The van der Waals surface area contributed by atoms with Crippen LogP contribution in [0.5, 0.6) is 0 Å². The van der Waals surface area contributed by atoms with Gasteiger partial charge < -0.3 is 9.64 Å². The SMILES string of the molecule is CC(C)(C)OC(=O)N1CCC(F)(F)[C@@H](Br)C1. The molecule has 1 aliphatic heterocycles. The van der Waals surface area contributed by atoms with Crippen molar-refractivity contribution in [2.24, 2.45) is 0 Å². The Morgan fingerprint density at radius 3 is 2.50 bits per heavy atom. The first-order valence-corrected chi connectivity index (χ1v) is 6.03. The maximum atomic E-state index is 13.1. The number of ether oxygens (including phenoxy) is 1. The topological polar surface area (TPSA) is 29.5 Å². The molecule has 0 aliphatic carbocycles. The number of alkyl halides is 3. The molecule has 3 nitrogen and oxygen atoms in total. The number of nitrogens with zero attached hydrogens (tertiary/aromatic N) is 1. The minimum Gasteiger partial charge on any atom is -0.444 e. The van der Waals surface area contributed by atoms with E-state index in [9.17, 15) is 13.6 Å². The maximum Gasteiger partial charge on any atom is 0.410 e. The zero-order valence-corrected chi connectivity index (χ0v) is 11.2. The highest BCUT2D eigenvalue weighted by atomic mass is 79.9. The van der Waals surface area contributed by atoms with Gasteiger partial charge in [-0.15, -0.1) is 0 Å². The van der Waals surface area contributed by atoms with E-state index in [0.717, 1.165) is 0 Å². The number of likely N-dealkylation sites (tertiary alicyclic amines) is 1. The summed E-state index contributed by atoms with van der Waals surface area (Å²) in [5, 5.41) is 0. The van der Waals surface area contributed by atoms with Crippen LogP contribution in [0.1, 0.15) is 27.2 Å². The third-order valence-corrected chi connectivity index (χ3v) is 3.17. The van der Waals surface area contributed by atoms with E-state index in [1.54, 1.807) is 20.8 Å². The van der Waals surface area contributed by atoms with Gasteiger partial charge in [-0.1, -0.05) is 15.9 Å². The van der Waals surface area contributed by atoms with Gasteiger partial charge in [0.2, 0.25) is 0 Å². The minimum atomic E-state index is -2.75. The molecule has 1 amide bonds. The molecule has 6 heteroatoms. The maximum absolute atomic E-state index is 13.1. The van der Waals surface area contributed by atoms with Crippen LogP contribution in [-0.4, -0.2) is 40.4 Å². The molecule has 1 fully saturated rings.